The Bertz CT molecular complexity index is 695. The van der Waals surface area contributed by atoms with Gasteiger partial charge in [-0.15, -0.1) is 0 Å². The quantitative estimate of drug-likeness (QED) is 0.366. The molecule has 0 spiro atoms. The number of carbonyl (C=O) groups excluding carboxylic acids is 2. The van der Waals surface area contributed by atoms with E-state index in [4.69, 9.17) is 9.47 Å². The molecule has 23 heavy (non-hydrogen) atoms. The molecular weight excluding hydrogens is 302 g/mol. The summed E-state index contributed by atoms with van der Waals surface area (Å²) in [5.74, 6) is -1.25. The van der Waals surface area contributed by atoms with E-state index in [1.165, 1.54) is 31.4 Å². The Hall–Kier alpha value is -2.70. The molecule has 2 aliphatic carbocycles. The molecule has 0 N–H and O–H groups in total. The molecule has 0 saturated heterocycles. The number of methoxy groups -OCH3 is 1. The highest BCUT2D eigenvalue weighted by atomic mass is 16.6. The number of carbonyl (C=O) groups is 2. The predicted octanol–water partition coefficient (Wildman–Crippen LogP) is 2.26. The summed E-state index contributed by atoms with van der Waals surface area (Å²) in [6, 6.07) is 5.08. The fourth-order valence-electron chi connectivity index (χ4n) is 3.32. The molecule has 3 rings (SSSR count). The lowest BCUT2D eigenvalue weighted by Gasteiger charge is -2.32. The van der Waals surface area contributed by atoms with Gasteiger partial charge in [-0.2, -0.15) is 0 Å². The van der Waals surface area contributed by atoms with Gasteiger partial charge in [0.05, 0.1) is 17.6 Å². The van der Waals surface area contributed by atoms with Crippen LogP contribution in [-0.4, -0.2) is 29.6 Å². The molecule has 2 aliphatic rings. The fraction of sp³-hybridized carbons (Fsp3) is 0.375. The zero-order valence-electron chi connectivity index (χ0n) is 12.4. The monoisotopic (exact) mass is 317 g/mol. The highest BCUT2D eigenvalue weighted by Crippen LogP contribution is 2.49. The van der Waals surface area contributed by atoms with Crippen LogP contribution in [0.2, 0.25) is 0 Å². The number of nitro groups is 1. The summed E-state index contributed by atoms with van der Waals surface area (Å²) in [5, 5.41) is 10.6. The van der Waals surface area contributed by atoms with Gasteiger partial charge in [0, 0.05) is 24.5 Å². The van der Waals surface area contributed by atoms with E-state index >= 15 is 0 Å². The molecule has 1 aromatic rings. The summed E-state index contributed by atoms with van der Waals surface area (Å²) >= 11 is 0. The lowest BCUT2D eigenvalue weighted by molar-refractivity contribution is -0.384. The van der Waals surface area contributed by atoms with Crippen LogP contribution in [0.15, 0.2) is 36.4 Å². The number of fused-ring (bicyclic) bond motifs is 2. The number of nitrogens with zero attached hydrogens (tertiary/aromatic N) is 1. The number of esters is 2. The normalized spacial score (nSPS) is 27.7. The summed E-state index contributed by atoms with van der Waals surface area (Å²) in [7, 11) is 1.26. The van der Waals surface area contributed by atoms with Gasteiger partial charge in [0.2, 0.25) is 5.60 Å². The molecule has 1 fully saturated rings. The van der Waals surface area contributed by atoms with Gasteiger partial charge in [-0.05, 0) is 24.5 Å². The maximum absolute atomic E-state index is 12.4. The third kappa shape index (κ3) is 2.48. The van der Waals surface area contributed by atoms with Crippen LogP contribution in [0, 0.1) is 22.0 Å². The van der Waals surface area contributed by atoms with E-state index in [1.54, 1.807) is 0 Å². The van der Waals surface area contributed by atoms with E-state index < -0.39 is 22.5 Å². The third-order valence-electron chi connectivity index (χ3n) is 4.46. The van der Waals surface area contributed by atoms with Crippen LogP contribution < -0.4 is 0 Å². The van der Waals surface area contributed by atoms with Crippen LogP contribution in [-0.2, 0) is 14.3 Å². The van der Waals surface area contributed by atoms with Crippen molar-refractivity contribution in [2.24, 2.45) is 11.8 Å². The molecule has 0 radical (unpaired) electrons. The number of allylic oxidation sites excluding steroid dienone is 1. The van der Waals surface area contributed by atoms with Gasteiger partial charge >= 0.3 is 11.9 Å². The SMILES string of the molecule is COC(=O)[C@]1(OC(=O)c2ccc([N+](=O)[O-])cc2)C[C@H]2C=C[C@@H]1C2. The molecule has 1 saturated carbocycles. The van der Waals surface area contributed by atoms with Crippen molar-refractivity contribution in [3.8, 4) is 0 Å². The van der Waals surface area contributed by atoms with Crippen LogP contribution in [0.3, 0.4) is 0 Å². The number of benzene rings is 1. The minimum atomic E-state index is -1.30. The predicted molar refractivity (Wildman–Crippen MR) is 78.6 cm³/mol. The van der Waals surface area contributed by atoms with Crippen molar-refractivity contribution in [1.82, 2.24) is 0 Å². The second-order valence-corrected chi connectivity index (χ2v) is 5.77. The zero-order valence-corrected chi connectivity index (χ0v) is 12.4. The molecule has 7 heteroatoms. The average Bonchev–Trinajstić information content (AvgIpc) is 3.15. The van der Waals surface area contributed by atoms with E-state index in [2.05, 4.69) is 0 Å². The Balaban J connectivity index is 1.83. The van der Waals surface area contributed by atoms with E-state index in [0.29, 0.717) is 6.42 Å². The molecule has 0 amide bonds. The molecule has 0 unspecified atom stereocenters. The summed E-state index contributed by atoms with van der Waals surface area (Å²) < 4.78 is 10.4. The largest absolute Gasteiger partial charge is 0.466 e. The number of nitro benzene ring substituents is 1. The minimum Gasteiger partial charge on any atom is -0.466 e. The minimum absolute atomic E-state index is 0.118. The van der Waals surface area contributed by atoms with Crippen LogP contribution in [0.4, 0.5) is 5.69 Å². The standard InChI is InChI=1S/C16H15NO6/c1-22-15(19)16(9-10-2-5-12(16)8-10)23-14(18)11-3-6-13(7-4-11)17(20)21/h2-7,10,12H,8-9H2,1H3/t10-,12+,16-/m0/s1. The van der Waals surface area contributed by atoms with Crippen molar-refractivity contribution < 1.29 is 24.0 Å². The number of rotatable bonds is 4. The smallest absolute Gasteiger partial charge is 0.351 e. The van der Waals surface area contributed by atoms with E-state index in [9.17, 15) is 19.7 Å². The highest BCUT2D eigenvalue weighted by molar-refractivity contribution is 5.93. The molecule has 0 aliphatic heterocycles. The Morgan fingerprint density at radius 3 is 2.43 bits per heavy atom. The van der Waals surface area contributed by atoms with Crippen LogP contribution in [0.25, 0.3) is 0 Å². The Morgan fingerprint density at radius 1 is 1.26 bits per heavy atom. The Kier molecular flexibility index (Phi) is 3.63. The first-order valence-corrected chi connectivity index (χ1v) is 7.21. The molecule has 0 aromatic heterocycles. The van der Waals surface area contributed by atoms with Gasteiger partial charge in [-0.1, -0.05) is 12.2 Å². The number of non-ortho nitro benzene ring substituents is 1. The first kappa shape index (κ1) is 15.2. The van der Waals surface area contributed by atoms with Gasteiger partial charge in [0.15, 0.2) is 0 Å². The Labute approximate surface area is 132 Å². The molecule has 3 atom stereocenters. The molecule has 1 aromatic carbocycles. The highest BCUT2D eigenvalue weighted by Gasteiger charge is 2.57. The van der Waals surface area contributed by atoms with Crippen molar-refractivity contribution in [2.75, 3.05) is 7.11 Å². The topological polar surface area (TPSA) is 95.7 Å². The summed E-state index contributed by atoms with van der Waals surface area (Å²) in [4.78, 5) is 34.7. The number of hydrogen-bond donors (Lipinski definition) is 0. The van der Waals surface area contributed by atoms with Crippen molar-refractivity contribution >= 4 is 17.6 Å². The van der Waals surface area contributed by atoms with Gasteiger partial charge in [0.1, 0.15) is 0 Å². The van der Waals surface area contributed by atoms with E-state index in [-0.39, 0.29) is 23.1 Å². The Morgan fingerprint density at radius 2 is 1.96 bits per heavy atom. The lowest BCUT2D eigenvalue weighted by Crippen LogP contribution is -2.47. The van der Waals surface area contributed by atoms with Crippen LogP contribution in [0.5, 0.6) is 0 Å². The maximum atomic E-state index is 12.4. The summed E-state index contributed by atoms with van der Waals surface area (Å²) in [6.07, 6.45) is 5.06. The van der Waals surface area contributed by atoms with Crippen molar-refractivity contribution in [3.05, 3.63) is 52.1 Å². The second kappa shape index (κ2) is 5.49. The first-order chi connectivity index (χ1) is 11.0. The molecule has 0 heterocycles. The van der Waals surface area contributed by atoms with E-state index in [0.717, 1.165) is 6.42 Å². The lowest BCUT2D eigenvalue weighted by atomic mass is 9.88. The molecule has 2 bridgehead atoms. The van der Waals surface area contributed by atoms with Gasteiger partial charge < -0.3 is 9.47 Å². The van der Waals surface area contributed by atoms with Gasteiger partial charge in [-0.25, -0.2) is 9.59 Å². The second-order valence-electron chi connectivity index (χ2n) is 5.77. The van der Waals surface area contributed by atoms with Gasteiger partial charge in [0.25, 0.3) is 5.69 Å². The molecule has 120 valence electrons. The van der Waals surface area contributed by atoms with Crippen molar-refractivity contribution in [1.29, 1.82) is 0 Å². The fourth-order valence-corrected chi connectivity index (χ4v) is 3.32. The third-order valence-corrected chi connectivity index (χ3v) is 4.46. The number of hydrogen-bond acceptors (Lipinski definition) is 6. The van der Waals surface area contributed by atoms with Crippen LogP contribution >= 0.6 is 0 Å². The first-order valence-electron chi connectivity index (χ1n) is 7.21. The zero-order chi connectivity index (χ0) is 16.6. The van der Waals surface area contributed by atoms with E-state index in [1.807, 2.05) is 12.2 Å². The maximum Gasteiger partial charge on any atom is 0.351 e. The summed E-state index contributed by atoms with van der Waals surface area (Å²) in [5.41, 5.74) is -1.26. The number of ether oxygens (including phenoxy) is 2. The van der Waals surface area contributed by atoms with Crippen LogP contribution in [0.1, 0.15) is 23.2 Å². The summed E-state index contributed by atoms with van der Waals surface area (Å²) in [6.45, 7) is 0. The van der Waals surface area contributed by atoms with Crippen molar-refractivity contribution in [2.45, 2.75) is 18.4 Å². The van der Waals surface area contributed by atoms with Crippen molar-refractivity contribution in [3.63, 3.8) is 0 Å². The molecule has 7 nitrogen and oxygen atoms in total. The molecular formula is C16H15NO6. The average molecular weight is 317 g/mol. The van der Waals surface area contributed by atoms with Gasteiger partial charge in [-0.3, -0.25) is 10.1 Å².